The lowest BCUT2D eigenvalue weighted by Gasteiger charge is -2.19. The van der Waals surface area contributed by atoms with Gasteiger partial charge >= 0.3 is 5.63 Å². The number of carbonyl (C=O) groups is 1. The summed E-state index contributed by atoms with van der Waals surface area (Å²) < 4.78 is 32.2. The molecule has 2 aliphatic rings. The van der Waals surface area contributed by atoms with Crippen molar-refractivity contribution in [2.24, 2.45) is 0 Å². The highest BCUT2D eigenvalue weighted by atomic mass is 16.7. The minimum atomic E-state index is -0.866. The van der Waals surface area contributed by atoms with Gasteiger partial charge in [0, 0.05) is 30.2 Å². The number of methoxy groups -OCH3 is 1. The van der Waals surface area contributed by atoms with E-state index in [1.807, 2.05) is 0 Å². The van der Waals surface area contributed by atoms with Gasteiger partial charge in [-0.1, -0.05) is 0 Å². The molecule has 0 bridgehead atoms. The van der Waals surface area contributed by atoms with Gasteiger partial charge < -0.3 is 38.5 Å². The average molecular weight is 467 g/mol. The van der Waals surface area contributed by atoms with Crippen LogP contribution in [0.2, 0.25) is 0 Å². The number of hydrogen-bond donors (Lipinski definition) is 2. The molecule has 2 aromatic carbocycles. The highest BCUT2D eigenvalue weighted by molar-refractivity contribution is 5.92. The van der Waals surface area contributed by atoms with E-state index in [1.165, 1.54) is 13.2 Å². The molecule has 0 fully saturated rings. The van der Waals surface area contributed by atoms with Crippen molar-refractivity contribution in [3.63, 3.8) is 0 Å². The molecular formula is C24H21NO9. The molecule has 5 rings (SSSR count). The summed E-state index contributed by atoms with van der Waals surface area (Å²) in [5.74, 6) is 1.03. The summed E-state index contributed by atoms with van der Waals surface area (Å²) >= 11 is 0. The summed E-state index contributed by atoms with van der Waals surface area (Å²) in [6.45, 7) is 1.68. The van der Waals surface area contributed by atoms with Crippen molar-refractivity contribution >= 4 is 11.6 Å². The Morgan fingerprint density at radius 2 is 1.82 bits per heavy atom. The molecule has 0 spiro atoms. The first-order chi connectivity index (χ1) is 16.4. The molecule has 3 heterocycles. The van der Waals surface area contributed by atoms with Crippen LogP contribution in [0.4, 0.5) is 5.69 Å². The van der Waals surface area contributed by atoms with E-state index in [-0.39, 0.29) is 37.1 Å². The maximum absolute atomic E-state index is 13.1. The number of ether oxygens (including phenoxy) is 5. The Morgan fingerprint density at radius 3 is 2.62 bits per heavy atom. The van der Waals surface area contributed by atoms with Crippen molar-refractivity contribution in [1.29, 1.82) is 0 Å². The fourth-order valence-electron chi connectivity index (χ4n) is 4.04. The Morgan fingerprint density at radius 1 is 1.06 bits per heavy atom. The van der Waals surface area contributed by atoms with Crippen LogP contribution < -0.4 is 34.6 Å². The topological polar surface area (TPSA) is 126 Å². The zero-order chi connectivity index (χ0) is 23.8. The van der Waals surface area contributed by atoms with Crippen molar-refractivity contribution in [3.8, 4) is 34.5 Å². The number of aromatic hydroxyl groups is 1. The molecule has 2 N–H and O–H groups in total. The molecule has 1 amide bonds. The molecule has 10 heteroatoms. The van der Waals surface area contributed by atoms with Crippen molar-refractivity contribution in [2.75, 3.05) is 26.0 Å². The average Bonchev–Trinajstić information content (AvgIpc) is 3.46. The van der Waals surface area contributed by atoms with Gasteiger partial charge in [0.05, 0.1) is 12.7 Å². The third kappa shape index (κ3) is 3.94. The van der Waals surface area contributed by atoms with Crippen molar-refractivity contribution in [2.45, 2.75) is 19.3 Å². The number of fused-ring (bicyclic) bond motifs is 2. The molecule has 0 saturated heterocycles. The van der Waals surface area contributed by atoms with E-state index in [4.69, 9.17) is 28.1 Å². The third-order valence-electron chi connectivity index (χ3n) is 5.57. The van der Waals surface area contributed by atoms with Crippen LogP contribution in [0.15, 0.2) is 45.6 Å². The van der Waals surface area contributed by atoms with Crippen LogP contribution in [0.1, 0.15) is 29.2 Å². The van der Waals surface area contributed by atoms with Gasteiger partial charge in [0.1, 0.15) is 11.5 Å². The zero-order valence-corrected chi connectivity index (χ0v) is 18.4. The van der Waals surface area contributed by atoms with Crippen molar-refractivity contribution in [3.05, 3.63) is 63.7 Å². The molecule has 0 saturated carbocycles. The van der Waals surface area contributed by atoms with Crippen molar-refractivity contribution < 1.29 is 38.0 Å². The molecular weight excluding hydrogens is 446 g/mol. The van der Waals surface area contributed by atoms with Gasteiger partial charge in [0.25, 0.3) is 0 Å². The van der Waals surface area contributed by atoms with Gasteiger partial charge in [-0.2, -0.15) is 0 Å². The van der Waals surface area contributed by atoms with Gasteiger partial charge in [-0.15, -0.1) is 0 Å². The smallest absolute Gasteiger partial charge is 0.343 e. The summed E-state index contributed by atoms with van der Waals surface area (Å²) in [5.41, 5.74) is 0.215. The van der Waals surface area contributed by atoms with E-state index in [9.17, 15) is 14.7 Å². The molecule has 1 unspecified atom stereocenters. The fourth-order valence-corrected chi connectivity index (χ4v) is 4.04. The molecule has 0 aliphatic carbocycles. The van der Waals surface area contributed by atoms with Gasteiger partial charge in [-0.25, -0.2) is 4.79 Å². The molecule has 10 nitrogen and oxygen atoms in total. The normalized spacial score (nSPS) is 14.1. The molecule has 1 atom stereocenters. The van der Waals surface area contributed by atoms with Crippen LogP contribution in [0.5, 0.6) is 34.5 Å². The van der Waals surface area contributed by atoms with Crippen LogP contribution in [0.3, 0.4) is 0 Å². The molecule has 1 aromatic heterocycles. The Labute approximate surface area is 193 Å². The van der Waals surface area contributed by atoms with E-state index < -0.39 is 17.5 Å². The molecule has 3 aromatic rings. The maximum atomic E-state index is 13.1. The Kier molecular flexibility index (Phi) is 5.40. The van der Waals surface area contributed by atoms with Crippen LogP contribution in [0, 0.1) is 6.92 Å². The van der Waals surface area contributed by atoms with Crippen LogP contribution in [0.25, 0.3) is 0 Å². The summed E-state index contributed by atoms with van der Waals surface area (Å²) in [5, 5.41) is 13.4. The summed E-state index contributed by atoms with van der Waals surface area (Å²) in [6, 6.07) is 9.66. The Balaban J connectivity index is 1.51. The van der Waals surface area contributed by atoms with Crippen molar-refractivity contribution in [1.82, 2.24) is 0 Å². The predicted octanol–water partition coefficient (Wildman–Crippen LogP) is 3.28. The van der Waals surface area contributed by atoms with E-state index in [1.54, 1.807) is 37.3 Å². The minimum absolute atomic E-state index is 0.0162. The van der Waals surface area contributed by atoms with Gasteiger partial charge in [0.2, 0.25) is 25.2 Å². The van der Waals surface area contributed by atoms with E-state index in [0.717, 1.165) is 0 Å². The lowest BCUT2D eigenvalue weighted by molar-refractivity contribution is -0.116. The molecule has 176 valence electrons. The van der Waals surface area contributed by atoms with Crippen LogP contribution >= 0.6 is 0 Å². The number of carbonyl (C=O) groups excluding carboxylic acids is 1. The largest absolute Gasteiger partial charge is 0.507 e. The zero-order valence-electron chi connectivity index (χ0n) is 18.4. The maximum Gasteiger partial charge on any atom is 0.343 e. The first-order valence-corrected chi connectivity index (χ1v) is 10.4. The van der Waals surface area contributed by atoms with E-state index in [0.29, 0.717) is 40.0 Å². The van der Waals surface area contributed by atoms with Crippen LogP contribution in [-0.4, -0.2) is 31.7 Å². The lowest BCUT2D eigenvalue weighted by Crippen LogP contribution is -2.21. The quantitative estimate of drug-likeness (QED) is 0.562. The number of nitrogens with one attached hydrogen (secondary N) is 1. The number of hydrogen-bond acceptors (Lipinski definition) is 9. The second kappa shape index (κ2) is 8.54. The number of anilines is 1. The predicted molar refractivity (Wildman–Crippen MR) is 118 cm³/mol. The second-order valence-corrected chi connectivity index (χ2v) is 7.77. The highest BCUT2D eigenvalue weighted by Crippen LogP contribution is 2.45. The monoisotopic (exact) mass is 467 g/mol. The summed E-state index contributed by atoms with van der Waals surface area (Å²) in [7, 11) is 1.47. The number of amides is 1. The van der Waals surface area contributed by atoms with Gasteiger partial charge in [-0.05, 0) is 36.8 Å². The van der Waals surface area contributed by atoms with Gasteiger partial charge in [0.15, 0.2) is 23.0 Å². The van der Waals surface area contributed by atoms with Gasteiger partial charge in [-0.3, -0.25) is 4.79 Å². The number of benzene rings is 2. The minimum Gasteiger partial charge on any atom is -0.507 e. The Bertz CT molecular complexity index is 1330. The Hall–Kier alpha value is -4.34. The standard InChI is InChI=1S/C24H21NO9/c1-12-5-16(26)22(24(28)34-12)15(13-6-19(29-2)23-20(7-13)32-11-33-23)9-21(27)25-14-3-4-17-18(8-14)31-10-30-17/h3-8,15,26H,9-11H2,1-2H3,(H,25,27). The first-order valence-electron chi connectivity index (χ1n) is 10.4. The molecule has 2 aliphatic heterocycles. The summed E-state index contributed by atoms with van der Waals surface area (Å²) in [4.78, 5) is 25.8. The number of rotatable bonds is 6. The molecule has 34 heavy (non-hydrogen) atoms. The lowest BCUT2D eigenvalue weighted by atomic mass is 9.88. The van der Waals surface area contributed by atoms with Crippen LogP contribution in [-0.2, 0) is 4.79 Å². The summed E-state index contributed by atoms with van der Waals surface area (Å²) in [6.07, 6.45) is -0.182. The third-order valence-corrected chi connectivity index (χ3v) is 5.57. The molecule has 0 radical (unpaired) electrons. The first kappa shape index (κ1) is 21.5. The fraction of sp³-hybridized carbons (Fsp3) is 0.250. The van der Waals surface area contributed by atoms with E-state index >= 15 is 0 Å². The SMILES string of the molecule is COc1cc(C(CC(=O)Nc2ccc3c(c2)OCO3)c2c(O)cc(C)oc2=O)cc2c1OCO2. The highest BCUT2D eigenvalue weighted by Gasteiger charge is 2.30. The second-order valence-electron chi connectivity index (χ2n) is 7.77. The van der Waals surface area contributed by atoms with E-state index in [2.05, 4.69) is 5.32 Å². The number of aryl methyl sites for hydroxylation is 1.